The second kappa shape index (κ2) is 5.09. The number of amides is 1. The lowest BCUT2D eigenvalue weighted by Crippen LogP contribution is -2.31. The fourth-order valence-electron chi connectivity index (χ4n) is 1.99. The average Bonchev–Trinajstić information content (AvgIpc) is 2.73. The van der Waals surface area contributed by atoms with Gasteiger partial charge >= 0.3 is 0 Å². The van der Waals surface area contributed by atoms with Crippen molar-refractivity contribution in [2.24, 2.45) is 5.92 Å². The molecule has 92 valence electrons. The predicted molar refractivity (Wildman–Crippen MR) is 62.8 cm³/mol. The van der Waals surface area contributed by atoms with Crippen LogP contribution in [-0.2, 0) is 0 Å². The monoisotopic (exact) mass is 236 g/mol. The van der Waals surface area contributed by atoms with Gasteiger partial charge in [0.05, 0.1) is 0 Å². The molecule has 1 aliphatic heterocycles. The first-order chi connectivity index (χ1) is 8.15. The number of hydrogen-bond donors (Lipinski definition) is 2. The van der Waals surface area contributed by atoms with Gasteiger partial charge in [0, 0.05) is 19.2 Å². The second-order valence-corrected chi connectivity index (χ2v) is 4.43. The Hall–Kier alpha value is -1.69. The summed E-state index contributed by atoms with van der Waals surface area (Å²) >= 11 is 0. The summed E-state index contributed by atoms with van der Waals surface area (Å²) in [6, 6.07) is 2.72. The summed E-state index contributed by atoms with van der Waals surface area (Å²) in [5, 5.41) is 8.75. The second-order valence-electron chi connectivity index (χ2n) is 4.43. The van der Waals surface area contributed by atoms with Gasteiger partial charge in [-0.15, -0.1) is 0 Å². The molecule has 6 heteroatoms. The lowest BCUT2D eigenvalue weighted by Gasteiger charge is -2.11. The predicted octanol–water partition coefficient (Wildman–Crippen LogP) is -0.549. The van der Waals surface area contributed by atoms with Crippen molar-refractivity contribution < 1.29 is 4.79 Å². The Balaban J connectivity index is 1.85. The number of nitrogens with zero attached hydrogens (tertiary/aromatic N) is 2. The minimum Gasteiger partial charge on any atom is -0.350 e. The maximum absolute atomic E-state index is 11.7. The molecule has 0 aliphatic carbocycles. The summed E-state index contributed by atoms with van der Waals surface area (Å²) in [6.45, 7) is 2.75. The number of likely N-dealkylation sites (tertiary alicyclic amines) is 1. The highest BCUT2D eigenvalue weighted by molar-refractivity contribution is 5.91. The van der Waals surface area contributed by atoms with Crippen LogP contribution in [0.5, 0.6) is 0 Å². The maximum Gasteiger partial charge on any atom is 0.271 e. The molecule has 2 N–H and O–H groups in total. The van der Waals surface area contributed by atoms with Gasteiger partial charge in [0.25, 0.3) is 11.5 Å². The van der Waals surface area contributed by atoms with E-state index in [2.05, 4.69) is 27.5 Å². The molecule has 0 bridgehead atoms. The van der Waals surface area contributed by atoms with Crippen LogP contribution in [-0.4, -0.2) is 47.7 Å². The van der Waals surface area contributed by atoms with Crippen molar-refractivity contribution in [1.29, 1.82) is 0 Å². The van der Waals surface area contributed by atoms with Crippen molar-refractivity contribution in [2.75, 3.05) is 26.7 Å². The Morgan fingerprint density at radius 2 is 2.47 bits per heavy atom. The normalized spacial score (nSPS) is 20.4. The Bertz CT molecular complexity index is 437. The third-order valence-electron chi connectivity index (χ3n) is 2.95. The van der Waals surface area contributed by atoms with Crippen LogP contribution in [0.15, 0.2) is 16.9 Å². The molecule has 1 fully saturated rings. The van der Waals surface area contributed by atoms with Crippen molar-refractivity contribution in [1.82, 2.24) is 20.4 Å². The number of carbonyl (C=O) groups is 1. The summed E-state index contributed by atoms with van der Waals surface area (Å²) in [5.41, 5.74) is -0.0603. The minimum absolute atomic E-state index is 0.240. The lowest BCUT2D eigenvalue weighted by molar-refractivity contribution is 0.0941. The van der Waals surface area contributed by atoms with Gasteiger partial charge in [-0.2, -0.15) is 5.10 Å². The largest absolute Gasteiger partial charge is 0.350 e. The molecule has 1 unspecified atom stereocenters. The Kier molecular flexibility index (Phi) is 3.53. The van der Waals surface area contributed by atoms with Crippen LogP contribution in [0.3, 0.4) is 0 Å². The SMILES string of the molecule is CN1CCC(CNC(=O)c2ccc(=O)[nH]n2)C1. The molecule has 0 radical (unpaired) electrons. The van der Waals surface area contributed by atoms with E-state index in [0.717, 1.165) is 19.5 Å². The van der Waals surface area contributed by atoms with Crippen LogP contribution in [0.25, 0.3) is 0 Å². The van der Waals surface area contributed by atoms with Crippen LogP contribution in [0.2, 0.25) is 0 Å². The Morgan fingerprint density at radius 1 is 1.65 bits per heavy atom. The lowest BCUT2D eigenvalue weighted by atomic mass is 10.1. The molecule has 0 aromatic carbocycles. The highest BCUT2D eigenvalue weighted by atomic mass is 16.2. The molecule has 0 spiro atoms. The van der Waals surface area contributed by atoms with Crippen molar-refractivity contribution >= 4 is 5.91 Å². The molecule has 1 aromatic heterocycles. The number of aromatic amines is 1. The number of rotatable bonds is 3. The summed E-state index contributed by atoms with van der Waals surface area (Å²) in [7, 11) is 2.07. The van der Waals surface area contributed by atoms with Crippen molar-refractivity contribution in [3.63, 3.8) is 0 Å². The summed E-state index contributed by atoms with van der Waals surface area (Å²) in [4.78, 5) is 24.7. The van der Waals surface area contributed by atoms with Gasteiger partial charge in [-0.3, -0.25) is 9.59 Å². The summed E-state index contributed by atoms with van der Waals surface area (Å²) in [6.07, 6.45) is 1.11. The van der Waals surface area contributed by atoms with Gasteiger partial charge in [0.15, 0.2) is 0 Å². The van der Waals surface area contributed by atoms with Gasteiger partial charge in [0.2, 0.25) is 0 Å². The molecule has 2 rings (SSSR count). The minimum atomic E-state index is -0.307. The molecule has 1 aliphatic rings. The quantitative estimate of drug-likeness (QED) is 0.738. The number of H-pyrrole nitrogens is 1. The number of hydrogen-bond acceptors (Lipinski definition) is 4. The first-order valence-corrected chi connectivity index (χ1v) is 5.67. The van der Waals surface area contributed by atoms with Gasteiger partial charge in [-0.1, -0.05) is 0 Å². The van der Waals surface area contributed by atoms with E-state index in [1.54, 1.807) is 0 Å². The molecular weight excluding hydrogens is 220 g/mol. The van der Waals surface area contributed by atoms with E-state index in [4.69, 9.17) is 0 Å². The van der Waals surface area contributed by atoms with E-state index < -0.39 is 0 Å². The summed E-state index contributed by atoms with van der Waals surface area (Å²) in [5.74, 6) is 0.266. The highest BCUT2D eigenvalue weighted by Crippen LogP contribution is 2.12. The average molecular weight is 236 g/mol. The Morgan fingerprint density at radius 3 is 3.06 bits per heavy atom. The summed E-state index contributed by atoms with van der Waals surface area (Å²) < 4.78 is 0. The van der Waals surface area contributed by atoms with E-state index in [9.17, 15) is 9.59 Å². The van der Waals surface area contributed by atoms with Gasteiger partial charge in [0.1, 0.15) is 5.69 Å². The topological polar surface area (TPSA) is 78.1 Å². The van der Waals surface area contributed by atoms with Crippen molar-refractivity contribution in [3.8, 4) is 0 Å². The third kappa shape index (κ3) is 3.13. The third-order valence-corrected chi connectivity index (χ3v) is 2.95. The van der Waals surface area contributed by atoms with E-state index >= 15 is 0 Å². The van der Waals surface area contributed by atoms with Crippen molar-refractivity contribution in [2.45, 2.75) is 6.42 Å². The van der Waals surface area contributed by atoms with E-state index in [-0.39, 0.29) is 17.2 Å². The van der Waals surface area contributed by atoms with Gasteiger partial charge < -0.3 is 10.2 Å². The zero-order valence-electron chi connectivity index (χ0n) is 9.77. The molecule has 2 heterocycles. The van der Waals surface area contributed by atoms with Gasteiger partial charge in [-0.25, -0.2) is 5.10 Å². The molecule has 17 heavy (non-hydrogen) atoms. The molecule has 6 nitrogen and oxygen atoms in total. The molecule has 1 aromatic rings. The molecule has 0 saturated carbocycles. The standard InChI is InChI=1S/C11H16N4O2/c1-15-5-4-8(7-15)6-12-11(17)9-2-3-10(16)14-13-9/h2-3,8H,4-7H2,1H3,(H,12,17)(H,14,16). The smallest absolute Gasteiger partial charge is 0.271 e. The highest BCUT2D eigenvalue weighted by Gasteiger charge is 2.20. The van der Waals surface area contributed by atoms with Crippen LogP contribution in [0, 0.1) is 5.92 Å². The number of carbonyl (C=O) groups excluding carboxylic acids is 1. The molecule has 1 amide bonds. The Labute approximate surface area is 99.0 Å². The van der Waals surface area contributed by atoms with Crippen LogP contribution in [0.4, 0.5) is 0 Å². The zero-order chi connectivity index (χ0) is 12.3. The molecule has 1 saturated heterocycles. The first-order valence-electron chi connectivity index (χ1n) is 5.67. The molecular formula is C11H16N4O2. The fourth-order valence-corrected chi connectivity index (χ4v) is 1.99. The van der Waals surface area contributed by atoms with Crippen LogP contribution >= 0.6 is 0 Å². The maximum atomic E-state index is 11.7. The molecule has 1 atom stereocenters. The van der Waals surface area contributed by atoms with Gasteiger partial charge in [-0.05, 0) is 32.0 Å². The number of aromatic nitrogens is 2. The number of nitrogens with one attached hydrogen (secondary N) is 2. The zero-order valence-corrected chi connectivity index (χ0v) is 9.77. The van der Waals surface area contributed by atoms with E-state index in [1.165, 1.54) is 12.1 Å². The van der Waals surface area contributed by atoms with E-state index in [0.29, 0.717) is 12.5 Å². The van der Waals surface area contributed by atoms with Crippen LogP contribution in [0.1, 0.15) is 16.9 Å². The van der Waals surface area contributed by atoms with Crippen molar-refractivity contribution in [3.05, 3.63) is 28.2 Å². The first kappa shape index (κ1) is 11.8. The van der Waals surface area contributed by atoms with E-state index in [1.807, 2.05) is 0 Å². The fraction of sp³-hybridized carbons (Fsp3) is 0.545. The van der Waals surface area contributed by atoms with Crippen LogP contribution < -0.4 is 10.9 Å².